The number of nitrogens with zero attached hydrogens (tertiary/aromatic N) is 6. The Balaban J connectivity index is 1.51. The van der Waals surface area contributed by atoms with Crippen molar-refractivity contribution in [1.29, 1.82) is 0 Å². The number of benzene rings is 2. The lowest BCUT2D eigenvalue weighted by Gasteiger charge is -2.36. The first-order valence-corrected chi connectivity index (χ1v) is 13.1. The number of fused-ring (bicyclic) bond motifs is 2. The van der Waals surface area contributed by atoms with Gasteiger partial charge in [0.1, 0.15) is 11.4 Å². The second kappa shape index (κ2) is 10.3. The molecule has 40 heavy (non-hydrogen) atoms. The molecule has 1 saturated heterocycles. The average Bonchev–Trinajstić information content (AvgIpc) is 3.31. The monoisotopic (exact) mass is 546 g/mol. The van der Waals surface area contributed by atoms with E-state index in [4.69, 9.17) is 19.2 Å². The molecule has 2 aromatic carbocycles. The number of hydrogen-bond donors (Lipinski definition) is 0. The standard InChI is InChI=1S/C29H34N6O5/c1-17-23-18(16-33(5)32-23)14-21(25(17)38-6)26-30-22-9-8-19(15-20(22)24(31-26)27(36)39-7)34-10-12-35(13-11-34)28(37)40-29(2,3)4/h8-9,14-16H,10-13H2,1-7H3. The molecule has 1 aliphatic rings. The van der Waals surface area contributed by atoms with Gasteiger partial charge in [-0.3, -0.25) is 4.68 Å². The summed E-state index contributed by atoms with van der Waals surface area (Å²) in [6.45, 7) is 9.82. The molecule has 2 aromatic heterocycles. The molecule has 210 valence electrons. The molecule has 0 radical (unpaired) electrons. The van der Waals surface area contributed by atoms with Gasteiger partial charge in [-0.15, -0.1) is 0 Å². The van der Waals surface area contributed by atoms with Gasteiger partial charge >= 0.3 is 12.1 Å². The zero-order chi connectivity index (χ0) is 28.8. The van der Waals surface area contributed by atoms with Crippen LogP contribution in [-0.4, -0.2) is 82.7 Å². The van der Waals surface area contributed by atoms with Gasteiger partial charge in [0.05, 0.1) is 30.8 Å². The van der Waals surface area contributed by atoms with Crippen molar-refractivity contribution in [1.82, 2.24) is 24.6 Å². The lowest BCUT2D eigenvalue weighted by atomic mass is 10.0. The molecule has 0 N–H and O–H groups in total. The Morgan fingerprint density at radius 2 is 1.73 bits per heavy atom. The van der Waals surface area contributed by atoms with Crippen molar-refractivity contribution >= 4 is 39.6 Å². The smallest absolute Gasteiger partial charge is 0.410 e. The number of esters is 1. The number of hydrogen-bond acceptors (Lipinski definition) is 9. The van der Waals surface area contributed by atoms with Crippen molar-refractivity contribution in [2.24, 2.45) is 7.05 Å². The highest BCUT2D eigenvalue weighted by molar-refractivity contribution is 6.03. The highest BCUT2D eigenvalue weighted by Gasteiger charge is 2.27. The van der Waals surface area contributed by atoms with Gasteiger partial charge in [0.2, 0.25) is 0 Å². The number of aromatic nitrogens is 4. The number of carbonyl (C=O) groups is 2. The van der Waals surface area contributed by atoms with Gasteiger partial charge in [-0.05, 0) is 52.0 Å². The van der Waals surface area contributed by atoms with E-state index < -0.39 is 11.6 Å². The summed E-state index contributed by atoms with van der Waals surface area (Å²) in [7, 11) is 4.79. The third-order valence-electron chi connectivity index (χ3n) is 6.90. The Labute approximate surface area is 232 Å². The summed E-state index contributed by atoms with van der Waals surface area (Å²) in [5.74, 6) is 0.400. The van der Waals surface area contributed by atoms with Gasteiger partial charge in [0.15, 0.2) is 11.5 Å². The molecule has 5 rings (SSSR count). The van der Waals surface area contributed by atoms with E-state index in [0.717, 1.165) is 22.2 Å². The number of rotatable bonds is 4. The molecule has 0 saturated carbocycles. The van der Waals surface area contributed by atoms with Gasteiger partial charge in [-0.2, -0.15) is 5.10 Å². The molecule has 0 atom stereocenters. The minimum absolute atomic E-state index is 0.169. The van der Waals surface area contributed by atoms with E-state index in [1.165, 1.54) is 7.11 Å². The van der Waals surface area contributed by atoms with Crippen LogP contribution in [0.4, 0.5) is 10.5 Å². The van der Waals surface area contributed by atoms with Crippen LogP contribution in [0.3, 0.4) is 0 Å². The summed E-state index contributed by atoms with van der Waals surface area (Å²) >= 11 is 0. The summed E-state index contributed by atoms with van der Waals surface area (Å²) in [6.07, 6.45) is 1.61. The number of aryl methyl sites for hydroxylation is 2. The quantitative estimate of drug-likeness (QED) is 0.345. The van der Waals surface area contributed by atoms with Crippen molar-refractivity contribution < 1.29 is 23.8 Å². The van der Waals surface area contributed by atoms with E-state index in [2.05, 4.69) is 15.0 Å². The fourth-order valence-electron chi connectivity index (χ4n) is 5.02. The Kier molecular flexibility index (Phi) is 6.99. The highest BCUT2D eigenvalue weighted by atomic mass is 16.6. The summed E-state index contributed by atoms with van der Waals surface area (Å²) < 4.78 is 18.1. The number of anilines is 1. The van der Waals surface area contributed by atoms with Crippen molar-refractivity contribution in [3.8, 4) is 17.1 Å². The molecule has 11 nitrogen and oxygen atoms in total. The van der Waals surface area contributed by atoms with Crippen LogP contribution in [0.1, 0.15) is 36.8 Å². The average molecular weight is 547 g/mol. The van der Waals surface area contributed by atoms with Crippen molar-refractivity contribution in [3.05, 3.63) is 41.7 Å². The molecule has 1 fully saturated rings. The maximum absolute atomic E-state index is 12.9. The molecule has 11 heteroatoms. The molecule has 3 heterocycles. The minimum atomic E-state index is -0.557. The summed E-state index contributed by atoms with van der Waals surface area (Å²) in [4.78, 5) is 38.8. The predicted molar refractivity (Wildman–Crippen MR) is 152 cm³/mol. The van der Waals surface area contributed by atoms with E-state index in [9.17, 15) is 9.59 Å². The van der Waals surface area contributed by atoms with Crippen LogP contribution in [0.2, 0.25) is 0 Å². The second-order valence-corrected chi connectivity index (χ2v) is 10.9. The second-order valence-electron chi connectivity index (χ2n) is 10.9. The van der Waals surface area contributed by atoms with Gasteiger partial charge in [0.25, 0.3) is 0 Å². The van der Waals surface area contributed by atoms with Crippen LogP contribution in [0.25, 0.3) is 33.2 Å². The SMILES string of the molecule is COC(=O)c1nc(-c2cc3cn(C)nc3c(C)c2OC)nc2ccc(N3CCN(C(=O)OC(C)(C)C)CC3)cc12. The molecule has 0 bridgehead atoms. The van der Waals surface area contributed by atoms with E-state index in [0.29, 0.717) is 54.2 Å². The van der Waals surface area contributed by atoms with Crippen molar-refractivity contribution in [2.75, 3.05) is 45.3 Å². The molecule has 0 aliphatic carbocycles. The molecular weight excluding hydrogens is 512 g/mol. The van der Waals surface area contributed by atoms with Gasteiger partial charge in [0, 0.05) is 61.4 Å². The van der Waals surface area contributed by atoms with E-state index in [-0.39, 0.29) is 11.8 Å². The summed E-state index contributed by atoms with van der Waals surface area (Å²) in [5, 5.41) is 6.04. The maximum atomic E-state index is 12.9. The van der Waals surface area contributed by atoms with E-state index in [1.54, 1.807) is 16.7 Å². The van der Waals surface area contributed by atoms with Gasteiger partial charge < -0.3 is 24.0 Å². The fraction of sp³-hybridized carbons (Fsp3) is 0.414. The topological polar surface area (TPSA) is 112 Å². The first kappa shape index (κ1) is 27.2. The fourth-order valence-corrected chi connectivity index (χ4v) is 5.02. The number of ether oxygens (including phenoxy) is 3. The summed E-state index contributed by atoms with van der Waals surface area (Å²) in [6, 6.07) is 7.68. The van der Waals surface area contributed by atoms with Crippen LogP contribution in [-0.2, 0) is 16.5 Å². The largest absolute Gasteiger partial charge is 0.496 e. The first-order valence-electron chi connectivity index (χ1n) is 13.1. The number of piperazine rings is 1. The molecule has 4 aromatic rings. The zero-order valence-corrected chi connectivity index (χ0v) is 23.9. The third kappa shape index (κ3) is 5.11. The number of amides is 1. The molecular formula is C29H34N6O5. The van der Waals surface area contributed by atoms with Crippen molar-refractivity contribution in [2.45, 2.75) is 33.3 Å². The Morgan fingerprint density at radius 1 is 1.00 bits per heavy atom. The minimum Gasteiger partial charge on any atom is -0.496 e. The molecule has 0 spiro atoms. The number of carbonyl (C=O) groups excluding carboxylic acids is 2. The first-order chi connectivity index (χ1) is 19.0. The predicted octanol–water partition coefficient (Wildman–Crippen LogP) is 4.34. The lowest BCUT2D eigenvalue weighted by Crippen LogP contribution is -2.50. The van der Waals surface area contributed by atoms with Crippen LogP contribution >= 0.6 is 0 Å². The Hall–Kier alpha value is -4.41. The van der Waals surface area contributed by atoms with E-state index in [1.807, 2.05) is 65.2 Å². The normalized spacial score (nSPS) is 14.1. The highest BCUT2D eigenvalue weighted by Crippen LogP contribution is 2.37. The van der Waals surface area contributed by atoms with E-state index >= 15 is 0 Å². The number of methoxy groups -OCH3 is 2. The maximum Gasteiger partial charge on any atom is 0.410 e. The Morgan fingerprint density at radius 3 is 2.38 bits per heavy atom. The van der Waals surface area contributed by atoms with Crippen LogP contribution in [0.15, 0.2) is 30.5 Å². The Bertz CT molecular complexity index is 1620. The van der Waals surface area contributed by atoms with Crippen molar-refractivity contribution in [3.63, 3.8) is 0 Å². The molecule has 1 amide bonds. The van der Waals surface area contributed by atoms with Crippen LogP contribution in [0.5, 0.6) is 5.75 Å². The summed E-state index contributed by atoms with van der Waals surface area (Å²) in [5.41, 5.74) is 3.49. The molecule has 1 aliphatic heterocycles. The van der Waals surface area contributed by atoms with Gasteiger partial charge in [-0.25, -0.2) is 19.6 Å². The van der Waals surface area contributed by atoms with Gasteiger partial charge in [-0.1, -0.05) is 0 Å². The van der Waals surface area contributed by atoms with Crippen LogP contribution < -0.4 is 9.64 Å². The third-order valence-corrected chi connectivity index (χ3v) is 6.90. The van der Waals surface area contributed by atoms with Crippen LogP contribution in [0, 0.1) is 6.92 Å². The molecule has 0 unspecified atom stereocenters. The lowest BCUT2D eigenvalue weighted by molar-refractivity contribution is 0.0240. The zero-order valence-electron chi connectivity index (χ0n) is 23.9.